The zero-order valence-corrected chi connectivity index (χ0v) is 8.17. The first kappa shape index (κ1) is 9.26. The summed E-state index contributed by atoms with van der Waals surface area (Å²) in [5.41, 5.74) is 0.568. The van der Waals surface area contributed by atoms with Crippen LogP contribution < -0.4 is 0 Å². The highest BCUT2D eigenvalue weighted by molar-refractivity contribution is 9.10. The van der Waals surface area contributed by atoms with Gasteiger partial charge in [-0.05, 0) is 31.2 Å². The predicted molar refractivity (Wildman–Crippen MR) is 49.3 cm³/mol. The molecule has 1 atom stereocenters. The van der Waals surface area contributed by atoms with Crippen LogP contribution in [0.2, 0.25) is 0 Å². The Balaban J connectivity index is 2.90. The van der Waals surface area contributed by atoms with Gasteiger partial charge in [0.1, 0.15) is 0 Å². The van der Waals surface area contributed by atoms with E-state index in [1.165, 1.54) is 12.1 Å². The topological polar surface area (TPSA) is 37.0 Å². The number of benzene rings is 1. The molecule has 0 aliphatic carbocycles. The average Bonchev–Trinajstić information content (AvgIpc) is 2.04. The normalized spacial score (nSPS) is 12.5. The summed E-state index contributed by atoms with van der Waals surface area (Å²) in [5, 5.41) is 10.7. The molecule has 63 valence electrons. The number of halogens is 1. The zero-order chi connectivity index (χ0) is 9.14. The third kappa shape index (κ3) is 2.08. The van der Waals surface area contributed by atoms with Crippen molar-refractivity contribution in [1.29, 1.82) is 0 Å². The Hall–Kier alpha value is -0.830. The Morgan fingerprint density at radius 3 is 2.25 bits per heavy atom. The first-order valence-electron chi connectivity index (χ1n) is 3.56. The minimum atomic E-state index is -0.199. The molecule has 0 spiro atoms. The highest BCUT2D eigenvalue weighted by Crippen LogP contribution is 2.14. The van der Waals surface area contributed by atoms with Crippen LogP contribution in [0.3, 0.4) is 0 Å². The van der Waals surface area contributed by atoms with Crippen LogP contribution in [-0.2, 0) is 5.11 Å². The quantitative estimate of drug-likeness (QED) is 0.566. The van der Waals surface area contributed by atoms with Gasteiger partial charge in [0.05, 0.1) is 4.83 Å². The fraction of sp³-hybridized carbons (Fsp3) is 0.222. The van der Waals surface area contributed by atoms with Crippen LogP contribution >= 0.6 is 15.9 Å². The number of alkyl halides is 1. The summed E-state index contributed by atoms with van der Waals surface area (Å²) in [6.45, 7) is 1.76. The smallest absolute Gasteiger partial charge is 0.178 e. The lowest BCUT2D eigenvalue weighted by Crippen LogP contribution is -2.09. The minimum Gasteiger partial charge on any atom is -0.293 e. The molecule has 2 nitrogen and oxygen atoms in total. The molecule has 0 amide bonds. The maximum absolute atomic E-state index is 11.3. The van der Waals surface area contributed by atoms with Gasteiger partial charge >= 0.3 is 0 Å². The van der Waals surface area contributed by atoms with Crippen LogP contribution in [0.4, 0.5) is 0 Å². The Kier molecular flexibility index (Phi) is 2.87. The van der Waals surface area contributed by atoms with Gasteiger partial charge in [0.15, 0.2) is 11.5 Å². The lowest BCUT2D eigenvalue weighted by atomic mass is 10.1. The molecule has 1 radical (unpaired) electrons. The Bertz CT molecular complexity index is 277. The van der Waals surface area contributed by atoms with E-state index in [0.717, 1.165) is 0 Å². The largest absolute Gasteiger partial charge is 0.293 e. The number of ketones is 1. The molecule has 1 unspecified atom stereocenters. The van der Waals surface area contributed by atoms with E-state index in [-0.39, 0.29) is 16.4 Å². The Morgan fingerprint density at radius 1 is 1.33 bits per heavy atom. The molecular formula is C9H8BrO2. The summed E-state index contributed by atoms with van der Waals surface area (Å²) in [5.74, 6) is -0.0798. The van der Waals surface area contributed by atoms with Crippen LogP contribution in [0.15, 0.2) is 24.3 Å². The summed E-state index contributed by atoms with van der Waals surface area (Å²) >= 11 is 3.17. The fourth-order valence-electron chi connectivity index (χ4n) is 0.849. The van der Waals surface area contributed by atoms with Gasteiger partial charge in [0, 0.05) is 5.56 Å². The third-order valence-corrected chi connectivity index (χ3v) is 1.92. The molecule has 0 saturated carbocycles. The number of Topliss-reactive ketones (excluding diaryl/α,β-unsaturated/α-hetero) is 1. The van der Waals surface area contributed by atoms with Crippen molar-refractivity contribution >= 4 is 21.7 Å². The molecule has 0 aliphatic rings. The molecular weight excluding hydrogens is 220 g/mol. The van der Waals surface area contributed by atoms with E-state index < -0.39 is 0 Å². The standard InChI is InChI=1S/C9H8BrO2/c1-6(10)9(12)7-2-4-8(11)5-3-7/h2-6H,1H3. The molecule has 1 aromatic rings. The van der Waals surface area contributed by atoms with Crippen LogP contribution in [0, 0.1) is 0 Å². The van der Waals surface area contributed by atoms with Crippen LogP contribution in [-0.4, -0.2) is 10.6 Å². The molecule has 0 N–H and O–H groups in total. The second-order valence-corrected chi connectivity index (χ2v) is 3.88. The number of rotatable bonds is 2. The molecule has 0 aliphatic heterocycles. The maximum Gasteiger partial charge on any atom is 0.178 e. The van der Waals surface area contributed by atoms with Gasteiger partial charge in [0.25, 0.3) is 0 Å². The van der Waals surface area contributed by atoms with Gasteiger partial charge < -0.3 is 0 Å². The summed E-state index contributed by atoms with van der Waals surface area (Å²) < 4.78 is 0. The predicted octanol–water partition coefficient (Wildman–Crippen LogP) is 2.80. The first-order chi connectivity index (χ1) is 5.61. The number of hydrogen-bond acceptors (Lipinski definition) is 1. The van der Waals surface area contributed by atoms with E-state index in [4.69, 9.17) is 0 Å². The van der Waals surface area contributed by atoms with Crippen molar-refractivity contribution in [1.82, 2.24) is 0 Å². The average molecular weight is 228 g/mol. The zero-order valence-electron chi connectivity index (χ0n) is 6.58. The summed E-state index contributed by atoms with van der Waals surface area (Å²) in [6.07, 6.45) is 0. The van der Waals surface area contributed by atoms with Crippen molar-refractivity contribution in [3.05, 3.63) is 29.8 Å². The van der Waals surface area contributed by atoms with Gasteiger partial charge in [-0.3, -0.25) is 9.90 Å². The van der Waals surface area contributed by atoms with Crippen molar-refractivity contribution < 1.29 is 9.90 Å². The molecule has 3 heteroatoms. The second-order valence-electron chi connectivity index (χ2n) is 2.50. The SMILES string of the molecule is CC(Br)C(=O)c1ccc([O])cc1. The summed E-state index contributed by atoms with van der Waals surface area (Å²) in [7, 11) is 0. The molecule has 0 heterocycles. The van der Waals surface area contributed by atoms with E-state index in [1.54, 1.807) is 19.1 Å². The first-order valence-corrected chi connectivity index (χ1v) is 4.48. The monoisotopic (exact) mass is 227 g/mol. The molecule has 1 rings (SSSR count). The van der Waals surface area contributed by atoms with Crippen molar-refractivity contribution in [2.75, 3.05) is 0 Å². The summed E-state index contributed by atoms with van der Waals surface area (Å²) in [4.78, 5) is 11.1. The molecule has 0 bridgehead atoms. The Morgan fingerprint density at radius 2 is 1.83 bits per heavy atom. The molecule has 0 saturated heterocycles. The van der Waals surface area contributed by atoms with Crippen LogP contribution in [0.25, 0.3) is 0 Å². The van der Waals surface area contributed by atoms with Crippen molar-refractivity contribution in [2.45, 2.75) is 11.8 Å². The van der Waals surface area contributed by atoms with Crippen LogP contribution in [0.5, 0.6) is 5.75 Å². The van der Waals surface area contributed by atoms with E-state index in [9.17, 15) is 9.90 Å². The highest BCUT2D eigenvalue weighted by atomic mass is 79.9. The minimum absolute atomic E-state index is 0.00463. The maximum atomic E-state index is 11.3. The van der Waals surface area contributed by atoms with Gasteiger partial charge in [-0.2, -0.15) is 0 Å². The summed E-state index contributed by atoms with van der Waals surface area (Å²) in [6, 6.07) is 5.87. The van der Waals surface area contributed by atoms with Gasteiger partial charge in [-0.1, -0.05) is 15.9 Å². The lowest BCUT2D eigenvalue weighted by molar-refractivity contribution is 0.0996. The van der Waals surface area contributed by atoms with Crippen molar-refractivity contribution in [2.24, 2.45) is 0 Å². The van der Waals surface area contributed by atoms with Crippen LogP contribution in [0.1, 0.15) is 17.3 Å². The van der Waals surface area contributed by atoms with Crippen molar-refractivity contribution in [3.8, 4) is 5.75 Å². The van der Waals surface area contributed by atoms with E-state index in [1.807, 2.05) is 0 Å². The van der Waals surface area contributed by atoms with Gasteiger partial charge in [-0.15, -0.1) is 0 Å². The highest BCUT2D eigenvalue weighted by Gasteiger charge is 2.10. The molecule has 12 heavy (non-hydrogen) atoms. The third-order valence-electron chi connectivity index (χ3n) is 1.50. The number of hydrogen-bond donors (Lipinski definition) is 0. The number of carbonyl (C=O) groups excluding carboxylic acids is 1. The molecule has 0 fully saturated rings. The van der Waals surface area contributed by atoms with Gasteiger partial charge in [0.2, 0.25) is 0 Å². The number of carbonyl (C=O) groups is 1. The Labute approximate surface area is 79.3 Å². The van der Waals surface area contributed by atoms with Crippen molar-refractivity contribution in [3.63, 3.8) is 0 Å². The second kappa shape index (κ2) is 3.72. The van der Waals surface area contributed by atoms with E-state index in [0.29, 0.717) is 5.56 Å². The van der Waals surface area contributed by atoms with Gasteiger partial charge in [-0.25, -0.2) is 0 Å². The molecule has 1 aromatic carbocycles. The molecule has 0 aromatic heterocycles. The van der Waals surface area contributed by atoms with E-state index in [2.05, 4.69) is 15.9 Å². The van der Waals surface area contributed by atoms with E-state index >= 15 is 0 Å². The fourth-order valence-corrected chi connectivity index (χ4v) is 1.11. The lowest BCUT2D eigenvalue weighted by Gasteiger charge is -2.01.